The molecule has 2 N–H and O–H groups in total. The lowest BCUT2D eigenvalue weighted by molar-refractivity contribution is -0.118. The summed E-state index contributed by atoms with van der Waals surface area (Å²) in [5.74, 6) is 0.00884. The van der Waals surface area contributed by atoms with E-state index in [4.69, 9.17) is 0 Å². The van der Waals surface area contributed by atoms with Gasteiger partial charge in [0.25, 0.3) is 0 Å². The number of aromatic nitrogens is 1. The zero-order chi connectivity index (χ0) is 11.3. The van der Waals surface area contributed by atoms with Gasteiger partial charge in [-0.05, 0) is 13.8 Å². The van der Waals surface area contributed by atoms with Gasteiger partial charge in [-0.2, -0.15) is 0 Å². The van der Waals surface area contributed by atoms with Crippen molar-refractivity contribution in [1.29, 1.82) is 0 Å². The van der Waals surface area contributed by atoms with E-state index >= 15 is 0 Å². The highest BCUT2D eigenvalue weighted by molar-refractivity contribution is 7.11. The summed E-state index contributed by atoms with van der Waals surface area (Å²) < 4.78 is 0. The van der Waals surface area contributed by atoms with Crippen molar-refractivity contribution in [2.45, 2.75) is 26.8 Å². The monoisotopic (exact) mass is 227 g/mol. The Kier molecular flexibility index (Phi) is 4.71. The Labute approximate surface area is 94.1 Å². The van der Waals surface area contributed by atoms with Gasteiger partial charge in [-0.25, -0.2) is 4.98 Å². The van der Waals surface area contributed by atoms with Crippen LogP contribution in [0.4, 0.5) is 0 Å². The van der Waals surface area contributed by atoms with Crippen LogP contribution < -0.4 is 10.6 Å². The summed E-state index contributed by atoms with van der Waals surface area (Å²) in [6, 6.07) is 0.248. The van der Waals surface area contributed by atoms with Gasteiger partial charge < -0.3 is 10.6 Å². The Balaban J connectivity index is 2.24. The molecule has 0 aliphatic heterocycles. The van der Waals surface area contributed by atoms with Crippen molar-refractivity contribution < 1.29 is 4.79 Å². The lowest BCUT2D eigenvalue weighted by Crippen LogP contribution is -2.31. The average molecular weight is 227 g/mol. The Morgan fingerprint density at radius 1 is 1.60 bits per heavy atom. The summed E-state index contributed by atoms with van der Waals surface area (Å²) in [7, 11) is 0. The number of aryl methyl sites for hydroxylation is 1. The molecule has 1 aromatic heterocycles. The minimum Gasteiger partial charge on any atom is -0.355 e. The molecule has 0 radical (unpaired) electrons. The minimum absolute atomic E-state index is 0.00884. The van der Waals surface area contributed by atoms with Crippen LogP contribution in [0, 0.1) is 6.92 Å². The molecule has 0 fully saturated rings. The van der Waals surface area contributed by atoms with E-state index in [1.54, 1.807) is 11.3 Å². The molecule has 0 saturated heterocycles. The van der Waals surface area contributed by atoms with Gasteiger partial charge in [-0.3, -0.25) is 4.79 Å². The quantitative estimate of drug-likeness (QED) is 0.744. The number of thiazole rings is 1. The van der Waals surface area contributed by atoms with E-state index < -0.39 is 0 Å². The highest BCUT2D eigenvalue weighted by Gasteiger charge is 2.07. The van der Waals surface area contributed by atoms with Gasteiger partial charge in [0, 0.05) is 31.1 Å². The molecule has 0 saturated carbocycles. The predicted molar refractivity (Wildman–Crippen MR) is 62.0 cm³/mol. The Hall–Kier alpha value is -0.940. The first-order chi connectivity index (χ1) is 7.09. The van der Waals surface area contributed by atoms with Gasteiger partial charge in [-0.1, -0.05) is 0 Å². The molecular weight excluding hydrogens is 210 g/mol. The lowest BCUT2D eigenvalue weighted by atomic mass is 10.3. The highest BCUT2D eigenvalue weighted by Crippen LogP contribution is 2.18. The molecular formula is C10H17N3OS. The maximum atomic E-state index is 10.6. The van der Waals surface area contributed by atoms with Crippen molar-refractivity contribution in [3.63, 3.8) is 0 Å². The third-order valence-corrected chi connectivity index (χ3v) is 3.05. The van der Waals surface area contributed by atoms with Crippen LogP contribution in [-0.2, 0) is 4.79 Å². The van der Waals surface area contributed by atoms with Crippen LogP contribution in [0.3, 0.4) is 0 Å². The van der Waals surface area contributed by atoms with Crippen molar-refractivity contribution in [1.82, 2.24) is 15.6 Å². The molecule has 15 heavy (non-hydrogen) atoms. The van der Waals surface area contributed by atoms with Gasteiger partial charge in [0.15, 0.2) is 0 Å². The summed E-state index contributed by atoms with van der Waals surface area (Å²) in [6.07, 6.45) is 1.88. The molecule has 0 spiro atoms. The van der Waals surface area contributed by atoms with Crippen LogP contribution in [-0.4, -0.2) is 24.0 Å². The molecule has 1 heterocycles. The van der Waals surface area contributed by atoms with Crippen molar-refractivity contribution in [3.05, 3.63) is 16.1 Å². The number of hydrogen-bond acceptors (Lipinski definition) is 4. The molecule has 4 nitrogen and oxygen atoms in total. The number of nitrogens with one attached hydrogen (secondary N) is 2. The van der Waals surface area contributed by atoms with Crippen LogP contribution in [0.15, 0.2) is 6.20 Å². The van der Waals surface area contributed by atoms with E-state index in [0.29, 0.717) is 6.54 Å². The Bertz CT molecular complexity index is 324. The Morgan fingerprint density at radius 3 is 2.87 bits per heavy atom. The largest absolute Gasteiger partial charge is 0.355 e. The first kappa shape index (κ1) is 12.1. The van der Waals surface area contributed by atoms with Crippen molar-refractivity contribution in [2.75, 3.05) is 13.1 Å². The van der Waals surface area contributed by atoms with E-state index in [-0.39, 0.29) is 11.9 Å². The third-order valence-electron chi connectivity index (χ3n) is 1.96. The maximum absolute atomic E-state index is 10.6. The van der Waals surface area contributed by atoms with Crippen LogP contribution in [0.25, 0.3) is 0 Å². The number of rotatable bonds is 5. The first-order valence-corrected chi connectivity index (χ1v) is 5.81. The Morgan fingerprint density at radius 2 is 2.33 bits per heavy atom. The zero-order valence-corrected chi connectivity index (χ0v) is 10.1. The van der Waals surface area contributed by atoms with Gasteiger partial charge >= 0.3 is 0 Å². The highest BCUT2D eigenvalue weighted by atomic mass is 32.1. The summed E-state index contributed by atoms with van der Waals surface area (Å²) in [5.41, 5.74) is 0. The molecule has 0 bridgehead atoms. The van der Waals surface area contributed by atoms with Gasteiger partial charge in [0.2, 0.25) is 5.91 Å². The summed E-state index contributed by atoms with van der Waals surface area (Å²) >= 11 is 1.70. The first-order valence-electron chi connectivity index (χ1n) is 4.99. The predicted octanol–water partition coefficient (Wildman–Crippen LogP) is 1.24. The number of carbonyl (C=O) groups is 1. The average Bonchev–Trinajstić information content (AvgIpc) is 2.59. The molecule has 1 aromatic rings. The van der Waals surface area contributed by atoms with Crippen LogP contribution in [0.2, 0.25) is 0 Å². The second-order valence-electron chi connectivity index (χ2n) is 3.47. The topological polar surface area (TPSA) is 54.0 Å². The number of nitrogens with zero attached hydrogens (tertiary/aromatic N) is 1. The van der Waals surface area contributed by atoms with Crippen LogP contribution in [0.5, 0.6) is 0 Å². The fourth-order valence-electron chi connectivity index (χ4n) is 1.19. The fourth-order valence-corrected chi connectivity index (χ4v) is 1.99. The molecule has 0 aliphatic rings. The van der Waals surface area contributed by atoms with Gasteiger partial charge in [0.05, 0.1) is 6.04 Å². The fraction of sp³-hybridized carbons (Fsp3) is 0.600. The van der Waals surface area contributed by atoms with Gasteiger partial charge in [0.1, 0.15) is 5.01 Å². The smallest absolute Gasteiger partial charge is 0.216 e. The molecule has 0 aliphatic carbocycles. The van der Waals surface area contributed by atoms with Crippen LogP contribution >= 0.6 is 11.3 Å². The van der Waals surface area contributed by atoms with Crippen molar-refractivity contribution in [3.8, 4) is 0 Å². The molecule has 1 amide bonds. The van der Waals surface area contributed by atoms with E-state index in [0.717, 1.165) is 11.6 Å². The summed E-state index contributed by atoms with van der Waals surface area (Å²) in [6.45, 7) is 7.06. The second kappa shape index (κ2) is 5.82. The molecule has 0 aromatic carbocycles. The molecule has 1 rings (SSSR count). The van der Waals surface area contributed by atoms with E-state index in [2.05, 4.69) is 22.5 Å². The normalized spacial score (nSPS) is 12.5. The molecule has 84 valence electrons. The van der Waals surface area contributed by atoms with E-state index in [9.17, 15) is 4.79 Å². The van der Waals surface area contributed by atoms with E-state index in [1.807, 2.05) is 13.1 Å². The molecule has 1 unspecified atom stereocenters. The lowest BCUT2D eigenvalue weighted by Gasteiger charge is -2.10. The third kappa shape index (κ3) is 4.40. The second-order valence-corrected chi connectivity index (χ2v) is 4.73. The van der Waals surface area contributed by atoms with Gasteiger partial charge in [-0.15, -0.1) is 11.3 Å². The maximum Gasteiger partial charge on any atom is 0.216 e. The summed E-state index contributed by atoms with van der Waals surface area (Å²) in [5, 5.41) is 7.13. The number of hydrogen-bond donors (Lipinski definition) is 2. The summed E-state index contributed by atoms with van der Waals surface area (Å²) in [4.78, 5) is 16.1. The minimum atomic E-state index is 0.00884. The zero-order valence-electron chi connectivity index (χ0n) is 9.33. The van der Waals surface area contributed by atoms with Crippen molar-refractivity contribution >= 4 is 17.2 Å². The standard InChI is InChI=1S/C10H17N3OS/c1-7-6-13-10(15-7)8(2)11-4-5-12-9(3)14/h6,8,11H,4-5H2,1-3H3,(H,12,14). The van der Waals surface area contributed by atoms with E-state index in [1.165, 1.54) is 11.8 Å². The number of carbonyl (C=O) groups excluding carboxylic acids is 1. The molecule has 5 heteroatoms. The number of amides is 1. The molecule has 1 atom stereocenters. The van der Waals surface area contributed by atoms with Crippen LogP contribution in [0.1, 0.15) is 29.8 Å². The SMILES string of the molecule is CC(=O)NCCNC(C)c1ncc(C)s1. The van der Waals surface area contributed by atoms with Crippen molar-refractivity contribution in [2.24, 2.45) is 0 Å².